The molecular formula is C27H33N5O6. The molecule has 1 aromatic carbocycles. The van der Waals surface area contributed by atoms with Gasteiger partial charge >= 0.3 is 5.97 Å². The van der Waals surface area contributed by atoms with E-state index in [-0.39, 0.29) is 51.2 Å². The van der Waals surface area contributed by atoms with Crippen LogP contribution in [-0.2, 0) is 30.5 Å². The molecule has 0 radical (unpaired) electrons. The van der Waals surface area contributed by atoms with Crippen LogP contribution in [0.5, 0.6) is 0 Å². The normalized spacial score (nSPS) is 29.5. The molecule has 38 heavy (non-hydrogen) atoms. The number of aliphatic hydroxyl groups is 1. The summed E-state index contributed by atoms with van der Waals surface area (Å²) >= 11 is 0. The number of carbonyl (C=O) groups is 3. The number of fused-ring (bicyclic) bond motifs is 2. The molecule has 5 atom stereocenters. The molecule has 5 rings (SSSR count). The number of hydrogen-bond donors (Lipinski definition) is 1. The SMILES string of the molecule is C=CCOC(=O)[C@@H]1[C@H]2C(=O)N(CCCO)C(C(=O)N(CC=C)Cn3nnc4ccccc43)C23CC[C@@]1(C)O3. The van der Waals surface area contributed by atoms with Crippen molar-refractivity contribution < 1.29 is 29.0 Å². The molecule has 2 amide bonds. The molecule has 0 aliphatic carbocycles. The number of nitrogens with zero attached hydrogens (tertiary/aromatic N) is 5. The van der Waals surface area contributed by atoms with Crippen LogP contribution in [-0.4, -0.2) is 91.2 Å². The van der Waals surface area contributed by atoms with E-state index in [1.165, 1.54) is 11.0 Å². The Balaban J connectivity index is 1.52. The Morgan fingerprint density at radius 1 is 1.29 bits per heavy atom. The second kappa shape index (κ2) is 9.95. The second-order valence-corrected chi connectivity index (χ2v) is 10.3. The highest BCUT2D eigenvalue weighted by Gasteiger charge is 2.78. The third-order valence-electron chi connectivity index (χ3n) is 8.05. The number of aliphatic hydroxyl groups excluding tert-OH is 1. The lowest BCUT2D eigenvalue weighted by Gasteiger charge is -2.36. The maximum absolute atomic E-state index is 14.3. The maximum Gasteiger partial charge on any atom is 0.313 e. The van der Waals surface area contributed by atoms with Crippen molar-refractivity contribution in [3.8, 4) is 0 Å². The molecule has 11 nitrogen and oxygen atoms in total. The molecular weight excluding hydrogens is 490 g/mol. The first kappa shape index (κ1) is 26.1. The van der Waals surface area contributed by atoms with Crippen LogP contribution in [0.15, 0.2) is 49.6 Å². The fraction of sp³-hybridized carbons (Fsp3) is 0.519. The molecule has 202 valence electrons. The van der Waals surface area contributed by atoms with Crippen LogP contribution in [0.1, 0.15) is 26.2 Å². The van der Waals surface area contributed by atoms with Crippen LogP contribution in [0.25, 0.3) is 11.0 Å². The first-order valence-corrected chi connectivity index (χ1v) is 12.9. The van der Waals surface area contributed by atoms with E-state index in [2.05, 4.69) is 23.5 Å². The standard InChI is InChI=1S/C27H33N5O6/c1-4-13-30(17-32-19-10-7-6-9-18(19)28-29-32)24(35)22-27-12-11-26(3,38-27)21(25(36)37-16-5-2)20(27)23(34)31(22)14-8-15-33/h4-7,9-10,20-22,33H,1-2,8,11-17H2,3H3/t20-,21-,22?,26+,27?/m0/s1. The monoisotopic (exact) mass is 523 g/mol. The topological polar surface area (TPSA) is 127 Å². The van der Waals surface area contributed by atoms with Gasteiger partial charge in [0.2, 0.25) is 11.8 Å². The van der Waals surface area contributed by atoms with Crippen molar-refractivity contribution in [2.45, 2.75) is 50.1 Å². The zero-order valence-corrected chi connectivity index (χ0v) is 21.5. The minimum atomic E-state index is -1.18. The van der Waals surface area contributed by atoms with Gasteiger partial charge in [-0.15, -0.1) is 11.7 Å². The van der Waals surface area contributed by atoms with Gasteiger partial charge in [0.15, 0.2) is 0 Å². The molecule has 1 N–H and O–H groups in total. The molecule has 4 heterocycles. The molecule has 0 saturated carbocycles. The number of amides is 2. The van der Waals surface area contributed by atoms with Crippen molar-refractivity contribution in [3.63, 3.8) is 0 Å². The summed E-state index contributed by atoms with van der Waals surface area (Å²) in [6.45, 7) is 9.56. The Kier molecular flexibility index (Phi) is 6.83. The number of hydrogen-bond acceptors (Lipinski definition) is 8. The molecule has 3 fully saturated rings. The van der Waals surface area contributed by atoms with Gasteiger partial charge in [0.25, 0.3) is 0 Å². The van der Waals surface area contributed by atoms with Gasteiger partial charge in [-0.3, -0.25) is 14.4 Å². The Morgan fingerprint density at radius 2 is 2.08 bits per heavy atom. The summed E-state index contributed by atoms with van der Waals surface area (Å²) in [4.78, 5) is 44.5. The lowest BCUT2D eigenvalue weighted by Crippen LogP contribution is -2.56. The largest absolute Gasteiger partial charge is 0.461 e. The minimum absolute atomic E-state index is 0.0227. The lowest BCUT2D eigenvalue weighted by molar-refractivity contribution is -0.159. The molecule has 3 aliphatic heterocycles. The predicted octanol–water partition coefficient (Wildman–Crippen LogP) is 1.28. The van der Waals surface area contributed by atoms with Crippen molar-refractivity contribution >= 4 is 28.8 Å². The van der Waals surface area contributed by atoms with Crippen molar-refractivity contribution in [1.29, 1.82) is 0 Å². The van der Waals surface area contributed by atoms with Crippen molar-refractivity contribution in [3.05, 3.63) is 49.6 Å². The van der Waals surface area contributed by atoms with E-state index in [4.69, 9.17) is 9.47 Å². The Hall–Kier alpha value is -3.57. The Morgan fingerprint density at radius 3 is 2.82 bits per heavy atom. The number of esters is 1. The van der Waals surface area contributed by atoms with E-state index < -0.39 is 35.0 Å². The van der Waals surface area contributed by atoms with E-state index >= 15 is 0 Å². The zero-order valence-electron chi connectivity index (χ0n) is 21.5. The summed E-state index contributed by atoms with van der Waals surface area (Å²) in [7, 11) is 0. The van der Waals surface area contributed by atoms with Crippen LogP contribution in [0.2, 0.25) is 0 Å². The summed E-state index contributed by atoms with van der Waals surface area (Å²) in [5.74, 6) is -2.89. The smallest absolute Gasteiger partial charge is 0.313 e. The highest BCUT2D eigenvalue weighted by molar-refractivity contribution is 5.98. The van der Waals surface area contributed by atoms with Crippen molar-refractivity contribution in [2.24, 2.45) is 11.8 Å². The van der Waals surface area contributed by atoms with Crippen LogP contribution in [0.4, 0.5) is 0 Å². The number of likely N-dealkylation sites (tertiary alicyclic amines) is 1. The van der Waals surface area contributed by atoms with Gasteiger partial charge in [-0.05, 0) is 38.3 Å². The molecule has 1 spiro atoms. The number of carbonyl (C=O) groups excluding carboxylic acids is 3. The van der Waals surface area contributed by atoms with E-state index in [9.17, 15) is 19.5 Å². The van der Waals surface area contributed by atoms with Crippen molar-refractivity contribution in [1.82, 2.24) is 24.8 Å². The highest BCUT2D eigenvalue weighted by Crippen LogP contribution is 2.63. The van der Waals surface area contributed by atoms with E-state index in [0.29, 0.717) is 18.4 Å². The van der Waals surface area contributed by atoms with Gasteiger partial charge in [-0.2, -0.15) is 0 Å². The number of para-hydroxylation sites is 1. The summed E-state index contributed by atoms with van der Waals surface area (Å²) in [6.07, 6.45) is 4.34. The van der Waals surface area contributed by atoms with E-state index in [1.54, 1.807) is 15.7 Å². The molecule has 3 saturated heterocycles. The second-order valence-electron chi connectivity index (χ2n) is 10.3. The molecule has 11 heteroatoms. The number of aromatic nitrogens is 3. The Bertz CT molecular complexity index is 1280. The van der Waals surface area contributed by atoms with Gasteiger partial charge in [-0.1, -0.05) is 36.1 Å². The maximum atomic E-state index is 14.3. The first-order valence-electron chi connectivity index (χ1n) is 12.9. The third kappa shape index (κ3) is 3.92. The molecule has 3 aliphatic rings. The fourth-order valence-electron chi connectivity index (χ4n) is 6.50. The predicted molar refractivity (Wildman–Crippen MR) is 136 cm³/mol. The number of benzene rings is 1. The number of rotatable bonds is 11. The minimum Gasteiger partial charge on any atom is -0.461 e. The zero-order chi connectivity index (χ0) is 27.1. The summed E-state index contributed by atoms with van der Waals surface area (Å²) in [5, 5.41) is 17.9. The lowest BCUT2D eigenvalue weighted by atomic mass is 9.66. The first-order chi connectivity index (χ1) is 18.3. The van der Waals surface area contributed by atoms with E-state index in [0.717, 1.165) is 5.52 Å². The summed E-state index contributed by atoms with van der Waals surface area (Å²) in [5.41, 5.74) is -0.643. The van der Waals surface area contributed by atoms with Gasteiger partial charge < -0.3 is 24.4 Å². The van der Waals surface area contributed by atoms with Crippen LogP contribution >= 0.6 is 0 Å². The molecule has 1 aromatic heterocycles. The average Bonchev–Trinajstić information content (AvgIpc) is 3.61. The van der Waals surface area contributed by atoms with Gasteiger partial charge in [0.1, 0.15) is 36.4 Å². The van der Waals surface area contributed by atoms with Gasteiger partial charge in [-0.25, -0.2) is 4.68 Å². The third-order valence-corrected chi connectivity index (χ3v) is 8.05. The summed E-state index contributed by atoms with van der Waals surface area (Å²) < 4.78 is 13.6. The highest BCUT2D eigenvalue weighted by atomic mass is 16.6. The summed E-state index contributed by atoms with van der Waals surface area (Å²) in [6, 6.07) is 6.47. The van der Waals surface area contributed by atoms with Crippen molar-refractivity contribution in [2.75, 3.05) is 26.3 Å². The van der Waals surface area contributed by atoms with Crippen LogP contribution in [0, 0.1) is 11.8 Å². The van der Waals surface area contributed by atoms with Crippen LogP contribution in [0.3, 0.4) is 0 Å². The quantitative estimate of drug-likeness (QED) is 0.345. The van der Waals surface area contributed by atoms with Gasteiger partial charge in [0, 0.05) is 19.7 Å². The van der Waals surface area contributed by atoms with Gasteiger partial charge in [0.05, 0.1) is 17.0 Å². The fourth-order valence-corrected chi connectivity index (χ4v) is 6.50. The molecule has 2 unspecified atom stereocenters. The van der Waals surface area contributed by atoms with Crippen LogP contribution < -0.4 is 0 Å². The average molecular weight is 524 g/mol. The molecule has 2 bridgehead atoms. The number of ether oxygens (including phenoxy) is 2. The molecule has 2 aromatic rings. The van der Waals surface area contributed by atoms with E-state index in [1.807, 2.05) is 31.2 Å². The Labute approximate surface area is 220 Å².